The summed E-state index contributed by atoms with van der Waals surface area (Å²) in [5.41, 5.74) is 0.464. The fraction of sp³-hybridized carbons (Fsp3) is 0.333. The van der Waals surface area contributed by atoms with Crippen LogP contribution in [0.5, 0.6) is 11.5 Å². The van der Waals surface area contributed by atoms with Crippen LogP contribution in [0.15, 0.2) is 53.4 Å². The van der Waals surface area contributed by atoms with E-state index < -0.39 is 20.9 Å². The molecule has 1 amide bonds. The zero-order valence-electron chi connectivity index (χ0n) is 20.0. The number of ether oxygens (including phenoxy) is 1. The minimum atomic E-state index is -3.75. The third-order valence-corrected chi connectivity index (χ3v) is 7.86. The highest BCUT2D eigenvalue weighted by atomic mass is 32.2. The summed E-state index contributed by atoms with van der Waals surface area (Å²) in [7, 11) is -3.75. The Morgan fingerprint density at radius 3 is 2.44 bits per heavy atom. The lowest BCUT2D eigenvalue weighted by Crippen LogP contribution is -2.35. The quantitative estimate of drug-likeness (QED) is 0.355. The lowest BCUT2D eigenvalue weighted by molar-refractivity contribution is -0.386. The number of carbonyl (C=O) groups is 1. The van der Waals surface area contributed by atoms with Gasteiger partial charge in [-0.15, -0.1) is 0 Å². The molecular weight excluding hydrogens is 486 g/mol. The summed E-state index contributed by atoms with van der Waals surface area (Å²) in [6, 6.07) is 13.2. The Morgan fingerprint density at radius 1 is 1.11 bits per heavy atom. The first-order chi connectivity index (χ1) is 17.2. The molecule has 0 radical (unpaired) electrons. The largest absolute Gasteiger partial charge is 0.455 e. The van der Waals surface area contributed by atoms with Gasteiger partial charge in [0.25, 0.3) is 0 Å². The van der Waals surface area contributed by atoms with Gasteiger partial charge in [0.2, 0.25) is 15.9 Å². The third kappa shape index (κ3) is 5.39. The van der Waals surface area contributed by atoms with Crippen LogP contribution >= 0.6 is 0 Å². The van der Waals surface area contributed by atoms with Crippen LogP contribution in [0.25, 0.3) is 0 Å². The average molecular weight is 514 g/mol. The van der Waals surface area contributed by atoms with Crippen LogP contribution in [-0.4, -0.2) is 46.4 Å². The summed E-state index contributed by atoms with van der Waals surface area (Å²) in [5.74, 6) is 0.223. The molecule has 3 aromatic rings. The highest BCUT2D eigenvalue weighted by Gasteiger charge is 2.28. The standard InChI is InChI=1S/C24H27N5O6S/c1-17-24(29(31)32)18(2)28(26-17)16-23(30)25-21-15-20(36(33,34)27-13-7-4-8-14-27)11-12-22(21)35-19-9-5-3-6-10-19/h3,5-6,9-12,15H,4,7-8,13-14,16H2,1-2H3,(H,25,30). The van der Waals surface area contributed by atoms with E-state index in [2.05, 4.69) is 10.4 Å². The predicted molar refractivity (Wildman–Crippen MR) is 133 cm³/mol. The number of para-hydroxylation sites is 1. The Kier molecular flexibility index (Phi) is 7.36. The summed E-state index contributed by atoms with van der Waals surface area (Å²) in [6.07, 6.45) is 2.58. The number of nitro groups is 1. The van der Waals surface area contributed by atoms with E-state index in [-0.39, 0.29) is 40.0 Å². The second-order valence-electron chi connectivity index (χ2n) is 8.52. The van der Waals surface area contributed by atoms with Gasteiger partial charge in [0.1, 0.15) is 23.7 Å². The maximum absolute atomic E-state index is 13.2. The van der Waals surface area contributed by atoms with Crippen molar-refractivity contribution in [3.63, 3.8) is 0 Å². The van der Waals surface area contributed by atoms with Crippen molar-refractivity contribution < 1.29 is 22.9 Å². The first kappa shape index (κ1) is 25.3. The lowest BCUT2D eigenvalue weighted by atomic mass is 10.2. The van der Waals surface area contributed by atoms with Crippen LogP contribution in [0.4, 0.5) is 11.4 Å². The topological polar surface area (TPSA) is 137 Å². The molecule has 0 atom stereocenters. The number of amides is 1. The first-order valence-corrected chi connectivity index (χ1v) is 13.0. The fourth-order valence-corrected chi connectivity index (χ4v) is 5.70. The smallest absolute Gasteiger partial charge is 0.312 e. The van der Waals surface area contributed by atoms with Gasteiger partial charge in [0.15, 0.2) is 5.75 Å². The zero-order chi connectivity index (χ0) is 25.9. The van der Waals surface area contributed by atoms with Gasteiger partial charge in [-0.25, -0.2) is 8.42 Å². The number of piperidine rings is 1. The molecule has 0 aliphatic carbocycles. The van der Waals surface area contributed by atoms with Crippen LogP contribution in [0, 0.1) is 24.0 Å². The Morgan fingerprint density at radius 2 is 1.81 bits per heavy atom. The van der Waals surface area contributed by atoms with Gasteiger partial charge in [-0.1, -0.05) is 24.6 Å². The Labute approximate surface area is 208 Å². The summed E-state index contributed by atoms with van der Waals surface area (Å²) in [6.45, 7) is 3.61. The SMILES string of the molecule is Cc1nn(CC(=O)Nc2cc(S(=O)(=O)N3CCCCC3)ccc2Oc2ccccc2)c(C)c1[N+](=O)[O-]. The van der Waals surface area contributed by atoms with Crippen molar-refractivity contribution in [1.82, 2.24) is 14.1 Å². The molecule has 0 spiro atoms. The number of sulfonamides is 1. The molecule has 1 N–H and O–H groups in total. The van der Waals surface area contributed by atoms with Crippen molar-refractivity contribution in [2.75, 3.05) is 18.4 Å². The molecule has 190 valence electrons. The molecule has 36 heavy (non-hydrogen) atoms. The molecule has 0 unspecified atom stereocenters. The second-order valence-corrected chi connectivity index (χ2v) is 10.5. The van der Waals surface area contributed by atoms with E-state index in [0.717, 1.165) is 19.3 Å². The zero-order valence-corrected chi connectivity index (χ0v) is 20.8. The number of carbonyl (C=O) groups excluding carboxylic acids is 1. The van der Waals surface area contributed by atoms with Gasteiger partial charge in [-0.2, -0.15) is 9.40 Å². The van der Waals surface area contributed by atoms with Gasteiger partial charge in [-0.3, -0.25) is 19.6 Å². The predicted octanol–water partition coefficient (Wildman–Crippen LogP) is 4.01. The number of anilines is 1. The Balaban J connectivity index is 1.64. The van der Waals surface area contributed by atoms with Crippen molar-refractivity contribution in [3.05, 3.63) is 70.0 Å². The van der Waals surface area contributed by atoms with Gasteiger partial charge < -0.3 is 10.1 Å². The van der Waals surface area contributed by atoms with Crippen LogP contribution in [0.3, 0.4) is 0 Å². The number of hydrogen-bond donors (Lipinski definition) is 1. The molecule has 11 nitrogen and oxygen atoms in total. The highest BCUT2D eigenvalue weighted by Crippen LogP contribution is 2.33. The normalized spacial score (nSPS) is 14.4. The van der Waals surface area contributed by atoms with E-state index in [1.54, 1.807) is 24.3 Å². The molecule has 12 heteroatoms. The molecule has 1 aromatic heterocycles. The van der Waals surface area contributed by atoms with E-state index in [4.69, 9.17) is 4.74 Å². The number of rotatable bonds is 8. The van der Waals surface area contributed by atoms with Crippen LogP contribution < -0.4 is 10.1 Å². The van der Waals surface area contributed by atoms with E-state index in [1.807, 2.05) is 6.07 Å². The van der Waals surface area contributed by atoms with E-state index in [9.17, 15) is 23.3 Å². The molecule has 1 saturated heterocycles. The monoisotopic (exact) mass is 513 g/mol. The number of benzene rings is 2. The van der Waals surface area contributed by atoms with Crippen molar-refractivity contribution in [1.29, 1.82) is 0 Å². The molecular formula is C24H27N5O6S. The van der Waals surface area contributed by atoms with Crippen molar-refractivity contribution >= 4 is 27.3 Å². The lowest BCUT2D eigenvalue weighted by Gasteiger charge is -2.26. The first-order valence-electron chi connectivity index (χ1n) is 11.5. The van der Waals surface area contributed by atoms with Gasteiger partial charge in [0, 0.05) is 13.1 Å². The number of hydrogen-bond acceptors (Lipinski definition) is 7. The van der Waals surface area contributed by atoms with Gasteiger partial charge in [-0.05, 0) is 57.0 Å². The summed E-state index contributed by atoms with van der Waals surface area (Å²) < 4.78 is 35.1. The Hall–Kier alpha value is -3.77. The average Bonchev–Trinajstić information content (AvgIpc) is 3.13. The van der Waals surface area contributed by atoms with E-state index in [0.29, 0.717) is 18.8 Å². The minimum absolute atomic E-state index is 0.0434. The molecule has 2 heterocycles. The number of nitrogens with zero attached hydrogens (tertiary/aromatic N) is 4. The van der Waals surface area contributed by atoms with Crippen LogP contribution in [0.2, 0.25) is 0 Å². The fourth-order valence-electron chi connectivity index (χ4n) is 4.16. The molecule has 4 rings (SSSR count). The van der Waals surface area contributed by atoms with Crippen LogP contribution in [0.1, 0.15) is 30.7 Å². The number of aryl methyl sites for hydroxylation is 1. The van der Waals surface area contributed by atoms with Crippen LogP contribution in [-0.2, 0) is 21.4 Å². The molecule has 2 aromatic carbocycles. The van der Waals surface area contributed by atoms with E-state index in [1.165, 1.54) is 41.0 Å². The Bertz CT molecular complexity index is 1380. The van der Waals surface area contributed by atoms with Crippen molar-refractivity contribution in [2.24, 2.45) is 0 Å². The number of aromatic nitrogens is 2. The second kappa shape index (κ2) is 10.5. The summed E-state index contributed by atoms with van der Waals surface area (Å²) in [4.78, 5) is 23.7. The van der Waals surface area contributed by atoms with Crippen molar-refractivity contribution in [2.45, 2.75) is 44.6 Å². The molecule has 1 aliphatic rings. The molecule has 0 bridgehead atoms. The third-order valence-electron chi connectivity index (χ3n) is 5.97. The van der Waals surface area contributed by atoms with E-state index >= 15 is 0 Å². The molecule has 1 fully saturated rings. The summed E-state index contributed by atoms with van der Waals surface area (Å²) in [5, 5.41) is 18.1. The molecule has 0 saturated carbocycles. The maximum Gasteiger partial charge on any atom is 0.312 e. The minimum Gasteiger partial charge on any atom is -0.455 e. The van der Waals surface area contributed by atoms with Crippen molar-refractivity contribution in [3.8, 4) is 11.5 Å². The van der Waals surface area contributed by atoms with Gasteiger partial charge >= 0.3 is 5.69 Å². The van der Waals surface area contributed by atoms with Gasteiger partial charge in [0.05, 0.1) is 15.5 Å². The summed E-state index contributed by atoms with van der Waals surface area (Å²) >= 11 is 0. The number of nitrogens with one attached hydrogen (secondary N) is 1. The highest BCUT2D eigenvalue weighted by molar-refractivity contribution is 7.89. The maximum atomic E-state index is 13.2. The molecule has 1 aliphatic heterocycles.